The Kier molecular flexibility index (Phi) is 3.45. The lowest BCUT2D eigenvalue weighted by molar-refractivity contribution is -0.136. The Morgan fingerprint density at radius 1 is 1.59 bits per heavy atom. The highest BCUT2D eigenvalue weighted by Gasteiger charge is 2.31. The molecule has 0 bridgehead atoms. The summed E-state index contributed by atoms with van der Waals surface area (Å²) in [4.78, 5) is 10.8. The first-order chi connectivity index (χ1) is 8.13. The zero-order valence-electron chi connectivity index (χ0n) is 10.4. The number of carboxylic acid groups (broad SMARTS) is 1. The molecular weight excluding hydrogens is 218 g/mol. The standard InChI is InChI=1S/C12H19N3O2/c1-3-4-11-10(7-12(16)17)13-14-15(11)8(2)9-5-6-9/h8-9H,3-7H2,1-2H3,(H,16,17). The van der Waals surface area contributed by atoms with Crippen molar-refractivity contribution in [2.45, 2.75) is 52.0 Å². The number of carbonyl (C=O) groups is 1. The average Bonchev–Trinajstić information content (AvgIpc) is 3.04. The van der Waals surface area contributed by atoms with Crippen molar-refractivity contribution >= 4 is 5.97 Å². The Balaban J connectivity index is 2.24. The van der Waals surface area contributed by atoms with Gasteiger partial charge in [0, 0.05) is 0 Å². The zero-order valence-corrected chi connectivity index (χ0v) is 10.4. The lowest BCUT2D eigenvalue weighted by Crippen LogP contribution is -2.13. The van der Waals surface area contributed by atoms with E-state index < -0.39 is 5.97 Å². The number of hydrogen-bond acceptors (Lipinski definition) is 3. The second-order valence-corrected chi connectivity index (χ2v) is 4.83. The van der Waals surface area contributed by atoms with Crippen molar-refractivity contribution in [3.8, 4) is 0 Å². The Morgan fingerprint density at radius 3 is 2.82 bits per heavy atom. The third kappa shape index (κ3) is 2.65. The third-order valence-electron chi connectivity index (χ3n) is 3.37. The smallest absolute Gasteiger partial charge is 0.309 e. The Hall–Kier alpha value is -1.39. The van der Waals surface area contributed by atoms with Gasteiger partial charge in [-0.15, -0.1) is 5.10 Å². The molecule has 0 amide bonds. The molecule has 1 heterocycles. The van der Waals surface area contributed by atoms with Crippen molar-refractivity contribution in [2.75, 3.05) is 0 Å². The maximum absolute atomic E-state index is 10.8. The fraction of sp³-hybridized carbons (Fsp3) is 0.750. The molecule has 5 heteroatoms. The minimum atomic E-state index is -0.839. The van der Waals surface area contributed by atoms with E-state index in [1.165, 1.54) is 12.8 Å². The van der Waals surface area contributed by atoms with Gasteiger partial charge in [-0.2, -0.15) is 0 Å². The number of aliphatic carboxylic acids is 1. The van der Waals surface area contributed by atoms with Gasteiger partial charge >= 0.3 is 5.97 Å². The summed E-state index contributed by atoms with van der Waals surface area (Å²) >= 11 is 0. The predicted molar refractivity (Wildman–Crippen MR) is 62.8 cm³/mol. The van der Waals surface area contributed by atoms with E-state index in [0.717, 1.165) is 18.5 Å². The molecule has 1 atom stereocenters. The van der Waals surface area contributed by atoms with E-state index in [9.17, 15) is 4.79 Å². The van der Waals surface area contributed by atoms with E-state index in [1.807, 2.05) is 4.68 Å². The van der Waals surface area contributed by atoms with Crippen molar-refractivity contribution in [2.24, 2.45) is 5.92 Å². The lowest BCUT2D eigenvalue weighted by Gasteiger charge is -2.13. The highest BCUT2D eigenvalue weighted by atomic mass is 16.4. The molecule has 2 rings (SSSR count). The molecule has 0 spiro atoms. The first-order valence-electron chi connectivity index (χ1n) is 6.28. The Labute approximate surface area is 101 Å². The second kappa shape index (κ2) is 4.85. The van der Waals surface area contributed by atoms with E-state index in [4.69, 9.17) is 5.11 Å². The normalized spacial score (nSPS) is 17.1. The second-order valence-electron chi connectivity index (χ2n) is 4.83. The van der Waals surface area contributed by atoms with Crippen molar-refractivity contribution in [1.82, 2.24) is 15.0 Å². The summed E-state index contributed by atoms with van der Waals surface area (Å²) in [6.45, 7) is 4.24. The summed E-state index contributed by atoms with van der Waals surface area (Å²) in [5.41, 5.74) is 1.64. The molecule has 17 heavy (non-hydrogen) atoms. The van der Waals surface area contributed by atoms with E-state index in [2.05, 4.69) is 24.2 Å². The van der Waals surface area contributed by atoms with E-state index in [1.54, 1.807) is 0 Å². The maximum atomic E-state index is 10.8. The van der Waals surface area contributed by atoms with E-state index in [-0.39, 0.29) is 6.42 Å². The van der Waals surface area contributed by atoms with Crippen LogP contribution in [0.4, 0.5) is 0 Å². The summed E-state index contributed by atoms with van der Waals surface area (Å²) in [5.74, 6) is -0.140. The van der Waals surface area contributed by atoms with Crippen molar-refractivity contribution in [3.05, 3.63) is 11.4 Å². The number of nitrogens with zero attached hydrogens (tertiary/aromatic N) is 3. The third-order valence-corrected chi connectivity index (χ3v) is 3.37. The molecule has 0 radical (unpaired) electrons. The van der Waals surface area contributed by atoms with Gasteiger partial charge in [-0.05, 0) is 32.1 Å². The summed E-state index contributed by atoms with van der Waals surface area (Å²) in [5, 5.41) is 17.0. The fourth-order valence-corrected chi connectivity index (χ4v) is 2.23. The molecule has 1 fully saturated rings. The Bertz CT molecular complexity index is 410. The van der Waals surface area contributed by atoms with Gasteiger partial charge in [0.05, 0.1) is 23.9 Å². The van der Waals surface area contributed by atoms with Crippen LogP contribution in [0.25, 0.3) is 0 Å². The van der Waals surface area contributed by atoms with Gasteiger partial charge in [0.1, 0.15) is 0 Å². The first kappa shape index (κ1) is 12.1. The zero-order chi connectivity index (χ0) is 12.4. The first-order valence-corrected chi connectivity index (χ1v) is 6.28. The fourth-order valence-electron chi connectivity index (χ4n) is 2.23. The number of carboxylic acids is 1. The number of aromatic nitrogens is 3. The molecular formula is C12H19N3O2. The molecule has 0 aliphatic heterocycles. The molecule has 1 aromatic rings. The van der Waals surface area contributed by atoms with Crippen molar-refractivity contribution in [3.63, 3.8) is 0 Å². The van der Waals surface area contributed by atoms with E-state index in [0.29, 0.717) is 17.7 Å². The molecule has 1 saturated carbocycles. The van der Waals surface area contributed by atoms with Crippen molar-refractivity contribution in [1.29, 1.82) is 0 Å². The molecule has 0 aromatic carbocycles. The quantitative estimate of drug-likeness (QED) is 0.819. The van der Waals surface area contributed by atoms with Gasteiger partial charge in [0.15, 0.2) is 0 Å². The molecule has 1 aliphatic rings. The summed E-state index contributed by atoms with van der Waals surface area (Å²) < 4.78 is 1.94. The van der Waals surface area contributed by atoms with Crippen molar-refractivity contribution < 1.29 is 9.90 Å². The molecule has 94 valence electrons. The highest BCUT2D eigenvalue weighted by Crippen LogP contribution is 2.39. The van der Waals surface area contributed by atoms with Crippen LogP contribution in [0.15, 0.2) is 0 Å². The number of hydrogen-bond donors (Lipinski definition) is 1. The number of rotatable bonds is 6. The van der Waals surface area contributed by atoms with Gasteiger partial charge in [-0.1, -0.05) is 18.6 Å². The molecule has 1 unspecified atom stereocenters. The highest BCUT2D eigenvalue weighted by molar-refractivity contribution is 5.69. The summed E-state index contributed by atoms with van der Waals surface area (Å²) in [6, 6.07) is 0.353. The van der Waals surface area contributed by atoms with Crippen LogP contribution in [-0.4, -0.2) is 26.1 Å². The van der Waals surface area contributed by atoms with Crippen LogP contribution in [0.2, 0.25) is 0 Å². The van der Waals surface area contributed by atoms with Gasteiger partial charge < -0.3 is 5.11 Å². The van der Waals surface area contributed by atoms with Crippen LogP contribution in [-0.2, 0) is 17.6 Å². The Morgan fingerprint density at radius 2 is 2.29 bits per heavy atom. The van der Waals surface area contributed by atoms with E-state index >= 15 is 0 Å². The minimum absolute atomic E-state index is 0.0211. The summed E-state index contributed by atoms with van der Waals surface area (Å²) in [7, 11) is 0. The molecule has 5 nitrogen and oxygen atoms in total. The van der Waals surface area contributed by atoms with Gasteiger partial charge in [-0.3, -0.25) is 4.79 Å². The topological polar surface area (TPSA) is 68.0 Å². The summed E-state index contributed by atoms with van der Waals surface area (Å²) in [6.07, 6.45) is 4.32. The van der Waals surface area contributed by atoms with Gasteiger partial charge in [0.2, 0.25) is 0 Å². The molecule has 1 aliphatic carbocycles. The van der Waals surface area contributed by atoms with Crippen LogP contribution in [0, 0.1) is 5.92 Å². The molecule has 1 N–H and O–H groups in total. The average molecular weight is 237 g/mol. The van der Waals surface area contributed by atoms with Gasteiger partial charge in [-0.25, -0.2) is 4.68 Å². The largest absolute Gasteiger partial charge is 0.481 e. The van der Waals surface area contributed by atoms with Crippen LogP contribution in [0.5, 0.6) is 0 Å². The minimum Gasteiger partial charge on any atom is -0.481 e. The van der Waals surface area contributed by atoms with Crippen LogP contribution < -0.4 is 0 Å². The predicted octanol–water partition coefficient (Wildman–Crippen LogP) is 1.83. The van der Waals surface area contributed by atoms with Gasteiger partial charge in [0.25, 0.3) is 0 Å². The van der Waals surface area contributed by atoms with Crippen LogP contribution in [0.1, 0.15) is 50.5 Å². The van der Waals surface area contributed by atoms with Crippen LogP contribution >= 0.6 is 0 Å². The van der Waals surface area contributed by atoms with Crippen LogP contribution in [0.3, 0.4) is 0 Å². The monoisotopic (exact) mass is 237 g/mol. The molecule has 0 saturated heterocycles. The SMILES string of the molecule is CCCc1c(CC(=O)O)nnn1C(C)C1CC1. The maximum Gasteiger partial charge on any atom is 0.309 e. The lowest BCUT2D eigenvalue weighted by atomic mass is 10.1. The molecule has 1 aromatic heterocycles.